The summed E-state index contributed by atoms with van der Waals surface area (Å²) in [6.45, 7) is 1.96. The molecule has 2 N–H and O–H groups in total. The molecule has 1 aromatic rings. The molecule has 2 aliphatic rings. The molecule has 126 valence electrons. The van der Waals surface area contributed by atoms with Crippen LogP contribution in [-0.2, 0) is 22.6 Å². The standard InChI is InChI=1S/C16H20FN3O2.ClH/c1-20-7-5-10(8-14(20)21)16(22)19-13-3-2-11-9-18-6-4-12(11)15(13)17;/h2-3,10,18H,4-9H2,1H3,(H,19,22);1H. The smallest absolute Gasteiger partial charge is 0.228 e. The summed E-state index contributed by atoms with van der Waals surface area (Å²) in [4.78, 5) is 25.6. The first-order chi connectivity index (χ1) is 10.6. The van der Waals surface area contributed by atoms with E-state index < -0.39 is 0 Å². The largest absolute Gasteiger partial charge is 0.346 e. The van der Waals surface area contributed by atoms with Crippen LogP contribution < -0.4 is 10.6 Å². The Morgan fingerprint density at radius 2 is 2.22 bits per heavy atom. The van der Waals surface area contributed by atoms with E-state index >= 15 is 0 Å². The molecule has 23 heavy (non-hydrogen) atoms. The van der Waals surface area contributed by atoms with E-state index in [2.05, 4.69) is 10.6 Å². The SMILES string of the molecule is CN1CCC(C(=O)Nc2ccc3c(c2F)CCNC3)CC1=O.Cl. The first-order valence-corrected chi connectivity index (χ1v) is 7.62. The Morgan fingerprint density at radius 3 is 2.96 bits per heavy atom. The van der Waals surface area contributed by atoms with Gasteiger partial charge in [-0.3, -0.25) is 9.59 Å². The molecule has 0 aliphatic carbocycles. The van der Waals surface area contributed by atoms with E-state index in [1.165, 1.54) is 0 Å². The molecule has 7 heteroatoms. The lowest BCUT2D eigenvalue weighted by atomic mass is 9.95. The van der Waals surface area contributed by atoms with Crippen molar-refractivity contribution in [2.45, 2.75) is 25.8 Å². The molecule has 2 heterocycles. The number of hydrogen-bond donors (Lipinski definition) is 2. The molecule has 2 aliphatic heterocycles. The molecular weight excluding hydrogens is 321 g/mol. The van der Waals surface area contributed by atoms with E-state index in [4.69, 9.17) is 0 Å². The zero-order valence-corrected chi connectivity index (χ0v) is 13.8. The van der Waals surface area contributed by atoms with Crippen molar-refractivity contribution < 1.29 is 14.0 Å². The van der Waals surface area contributed by atoms with Gasteiger partial charge in [-0.1, -0.05) is 6.07 Å². The van der Waals surface area contributed by atoms with Crippen molar-refractivity contribution >= 4 is 29.9 Å². The summed E-state index contributed by atoms with van der Waals surface area (Å²) in [7, 11) is 1.73. The third-order valence-electron chi connectivity index (χ3n) is 4.50. The van der Waals surface area contributed by atoms with Gasteiger partial charge in [0.05, 0.1) is 5.69 Å². The average molecular weight is 342 g/mol. The van der Waals surface area contributed by atoms with Crippen LogP contribution >= 0.6 is 12.4 Å². The molecule has 0 radical (unpaired) electrons. The second kappa shape index (κ2) is 7.27. The number of anilines is 1. The average Bonchev–Trinajstić information content (AvgIpc) is 2.53. The van der Waals surface area contributed by atoms with E-state index in [0.29, 0.717) is 31.5 Å². The van der Waals surface area contributed by atoms with Gasteiger partial charge in [0.2, 0.25) is 11.8 Å². The first kappa shape index (κ1) is 17.7. The zero-order valence-electron chi connectivity index (χ0n) is 13.0. The van der Waals surface area contributed by atoms with Crippen LogP contribution in [0.1, 0.15) is 24.0 Å². The summed E-state index contributed by atoms with van der Waals surface area (Å²) in [5.74, 6) is -1.02. The Balaban J connectivity index is 0.00000192. The number of piperidine rings is 1. The molecule has 0 saturated carbocycles. The molecule has 1 saturated heterocycles. The fourth-order valence-electron chi connectivity index (χ4n) is 3.03. The second-order valence-corrected chi connectivity index (χ2v) is 5.99. The summed E-state index contributed by atoms with van der Waals surface area (Å²) in [6, 6.07) is 3.45. The summed E-state index contributed by atoms with van der Waals surface area (Å²) in [5.41, 5.74) is 1.84. The van der Waals surface area contributed by atoms with Crippen molar-refractivity contribution in [3.63, 3.8) is 0 Å². The summed E-state index contributed by atoms with van der Waals surface area (Å²) in [5, 5.41) is 5.85. The van der Waals surface area contributed by atoms with Gasteiger partial charge >= 0.3 is 0 Å². The molecule has 0 aromatic heterocycles. The number of benzene rings is 1. The highest BCUT2D eigenvalue weighted by Crippen LogP contribution is 2.26. The molecule has 0 spiro atoms. The van der Waals surface area contributed by atoms with Crippen LogP contribution in [0.2, 0.25) is 0 Å². The maximum absolute atomic E-state index is 14.5. The molecule has 2 amide bonds. The lowest BCUT2D eigenvalue weighted by Gasteiger charge is -2.28. The molecule has 1 atom stereocenters. The number of fused-ring (bicyclic) bond motifs is 1. The Labute approximate surface area is 141 Å². The summed E-state index contributed by atoms with van der Waals surface area (Å²) >= 11 is 0. The van der Waals surface area contributed by atoms with Gasteiger partial charge < -0.3 is 15.5 Å². The fraction of sp³-hybridized carbons (Fsp3) is 0.500. The molecule has 1 unspecified atom stereocenters. The number of carbonyl (C=O) groups is 2. The minimum absolute atomic E-state index is 0. The van der Waals surface area contributed by atoms with E-state index in [1.54, 1.807) is 18.0 Å². The summed E-state index contributed by atoms with van der Waals surface area (Å²) in [6.07, 6.45) is 1.43. The number of nitrogens with zero attached hydrogens (tertiary/aromatic N) is 1. The Bertz CT molecular complexity index is 624. The lowest BCUT2D eigenvalue weighted by Crippen LogP contribution is -2.40. The van der Waals surface area contributed by atoms with Gasteiger partial charge in [-0.15, -0.1) is 12.4 Å². The molecule has 5 nitrogen and oxygen atoms in total. The molecule has 3 rings (SSSR count). The van der Waals surface area contributed by atoms with Crippen LogP contribution in [0.25, 0.3) is 0 Å². The highest BCUT2D eigenvalue weighted by molar-refractivity contribution is 5.96. The third kappa shape index (κ3) is 3.64. The predicted octanol–water partition coefficient (Wildman–Crippen LogP) is 1.70. The topological polar surface area (TPSA) is 61.4 Å². The number of likely N-dealkylation sites (tertiary alicyclic amines) is 1. The van der Waals surface area contributed by atoms with Crippen molar-refractivity contribution in [1.29, 1.82) is 0 Å². The molecule has 0 bridgehead atoms. The number of carbonyl (C=O) groups excluding carboxylic acids is 2. The molecule has 1 aromatic carbocycles. The van der Waals surface area contributed by atoms with E-state index in [0.717, 1.165) is 12.1 Å². The Morgan fingerprint density at radius 1 is 1.43 bits per heavy atom. The highest BCUT2D eigenvalue weighted by Gasteiger charge is 2.29. The first-order valence-electron chi connectivity index (χ1n) is 7.62. The monoisotopic (exact) mass is 341 g/mol. The van der Waals surface area contributed by atoms with Crippen LogP contribution in [0, 0.1) is 11.7 Å². The number of rotatable bonds is 2. The maximum Gasteiger partial charge on any atom is 0.228 e. The van der Waals surface area contributed by atoms with Crippen LogP contribution in [0.5, 0.6) is 0 Å². The minimum atomic E-state index is -0.374. The van der Waals surface area contributed by atoms with Crippen LogP contribution in [0.3, 0.4) is 0 Å². The number of nitrogens with one attached hydrogen (secondary N) is 2. The lowest BCUT2D eigenvalue weighted by molar-refractivity contribution is -0.137. The van der Waals surface area contributed by atoms with Gasteiger partial charge in [-0.2, -0.15) is 0 Å². The van der Waals surface area contributed by atoms with Crippen molar-refractivity contribution in [2.24, 2.45) is 5.92 Å². The summed E-state index contributed by atoms with van der Waals surface area (Å²) < 4.78 is 14.5. The number of amides is 2. The van der Waals surface area contributed by atoms with Crippen molar-refractivity contribution in [3.8, 4) is 0 Å². The van der Waals surface area contributed by atoms with Gasteiger partial charge in [-0.25, -0.2) is 4.39 Å². The van der Waals surface area contributed by atoms with Crippen molar-refractivity contribution in [3.05, 3.63) is 29.1 Å². The van der Waals surface area contributed by atoms with Gasteiger partial charge in [0, 0.05) is 32.5 Å². The van der Waals surface area contributed by atoms with Gasteiger partial charge in [0.15, 0.2) is 0 Å². The van der Waals surface area contributed by atoms with Gasteiger partial charge in [-0.05, 0) is 36.6 Å². The van der Waals surface area contributed by atoms with Gasteiger partial charge in [0.25, 0.3) is 0 Å². The highest BCUT2D eigenvalue weighted by atomic mass is 35.5. The molecule has 1 fully saturated rings. The third-order valence-corrected chi connectivity index (χ3v) is 4.50. The quantitative estimate of drug-likeness (QED) is 0.860. The number of hydrogen-bond acceptors (Lipinski definition) is 3. The van der Waals surface area contributed by atoms with Gasteiger partial charge in [0.1, 0.15) is 5.82 Å². The second-order valence-electron chi connectivity index (χ2n) is 5.99. The van der Waals surface area contributed by atoms with E-state index in [9.17, 15) is 14.0 Å². The van der Waals surface area contributed by atoms with Crippen LogP contribution in [0.4, 0.5) is 10.1 Å². The minimum Gasteiger partial charge on any atom is -0.346 e. The zero-order chi connectivity index (χ0) is 15.7. The fourth-order valence-corrected chi connectivity index (χ4v) is 3.03. The number of halogens is 2. The normalized spacial score (nSPS) is 20.5. The van der Waals surface area contributed by atoms with Crippen molar-refractivity contribution in [1.82, 2.24) is 10.2 Å². The van der Waals surface area contributed by atoms with Crippen LogP contribution in [-0.4, -0.2) is 36.9 Å². The predicted molar refractivity (Wildman–Crippen MR) is 88.0 cm³/mol. The Kier molecular flexibility index (Phi) is 5.59. The molecular formula is C16H21ClFN3O2. The van der Waals surface area contributed by atoms with E-state index in [1.807, 2.05) is 6.07 Å². The van der Waals surface area contributed by atoms with Crippen molar-refractivity contribution in [2.75, 3.05) is 25.5 Å². The van der Waals surface area contributed by atoms with E-state index in [-0.39, 0.29) is 48.1 Å². The Hall–Kier alpha value is -1.66. The van der Waals surface area contributed by atoms with Crippen LogP contribution in [0.15, 0.2) is 12.1 Å². The maximum atomic E-state index is 14.5.